The summed E-state index contributed by atoms with van der Waals surface area (Å²) in [5, 5.41) is 7.09. The summed E-state index contributed by atoms with van der Waals surface area (Å²) in [6.45, 7) is 7.56. The molecule has 1 heterocycles. The number of rotatable bonds is 4. The Kier molecular flexibility index (Phi) is 3.48. The predicted octanol–water partition coefficient (Wildman–Crippen LogP) is 2.00. The summed E-state index contributed by atoms with van der Waals surface area (Å²) in [5.41, 5.74) is 1.39. The molecule has 1 N–H and O–H groups in total. The molecule has 1 aromatic heterocycles. The van der Waals surface area contributed by atoms with Gasteiger partial charge in [-0.05, 0) is 40.2 Å². The lowest BCUT2D eigenvalue weighted by Gasteiger charge is -2.20. The van der Waals surface area contributed by atoms with E-state index in [0.717, 1.165) is 19.4 Å². The van der Waals surface area contributed by atoms with Gasteiger partial charge in [-0.15, -0.1) is 0 Å². The summed E-state index contributed by atoms with van der Waals surface area (Å²) in [5.74, 6) is 0. The largest absolute Gasteiger partial charge is 0.364 e. The minimum atomic E-state index is 0.217. The molecule has 3 nitrogen and oxygen atoms in total. The zero-order chi connectivity index (χ0) is 9.73. The van der Waals surface area contributed by atoms with Crippen LogP contribution in [0.4, 0.5) is 0 Å². The quantitative estimate of drug-likeness (QED) is 0.724. The second-order valence-electron chi connectivity index (χ2n) is 4.31. The molecule has 0 amide bonds. The smallest absolute Gasteiger partial charge is 0.126 e. The Morgan fingerprint density at radius 2 is 2.23 bits per heavy atom. The van der Waals surface area contributed by atoms with Crippen LogP contribution in [0.15, 0.2) is 17.0 Å². The number of hydrogen-bond donors (Lipinski definition) is 1. The highest BCUT2D eigenvalue weighted by molar-refractivity contribution is 4.99. The molecule has 3 heteroatoms. The fourth-order valence-electron chi connectivity index (χ4n) is 1.11. The van der Waals surface area contributed by atoms with Gasteiger partial charge in [-0.2, -0.15) is 0 Å². The van der Waals surface area contributed by atoms with Crippen molar-refractivity contribution in [2.75, 3.05) is 6.54 Å². The Hall–Kier alpha value is -0.830. The molecular weight excluding hydrogens is 164 g/mol. The lowest BCUT2D eigenvalue weighted by Crippen LogP contribution is -2.36. The topological polar surface area (TPSA) is 38.1 Å². The van der Waals surface area contributed by atoms with Gasteiger partial charge in [0.15, 0.2) is 0 Å². The molecule has 0 aliphatic carbocycles. The van der Waals surface area contributed by atoms with Gasteiger partial charge in [0.1, 0.15) is 6.26 Å². The number of hydrogen-bond acceptors (Lipinski definition) is 3. The van der Waals surface area contributed by atoms with Crippen molar-refractivity contribution in [2.24, 2.45) is 0 Å². The van der Waals surface area contributed by atoms with Gasteiger partial charge in [0, 0.05) is 11.1 Å². The molecule has 0 atom stereocenters. The first kappa shape index (κ1) is 10.3. The molecule has 0 aliphatic heterocycles. The van der Waals surface area contributed by atoms with E-state index in [4.69, 9.17) is 4.52 Å². The molecule has 0 saturated heterocycles. The third-order valence-electron chi connectivity index (χ3n) is 1.78. The second-order valence-corrected chi connectivity index (χ2v) is 4.31. The van der Waals surface area contributed by atoms with Crippen molar-refractivity contribution in [1.29, 1.82) is 0 Å². The maximum Gasteiger partial charge on any atom is 0.126 e. The van der Waals surface area contributed by atoms with E-state index in [0.29, 0.717) is 0 Å². The molecule has 0 spiro atoms. The predicted molar refractivity (Wildman–Crippen MR) is 52.6 cm³/mol. The van der Waals surface area contributed by atoms with Crippen LogP contribution in [-0.4, -0.2) is 17.2 Å². The van der Waals surface area contributed by atoms with Gasteiger partial charge < -0.3 is 9.84 Å². The zero-order valence-electron chi connectivity index (χ0n) is 8.63. The van der Waals surface area contributed by atoms with Crippen LogP contribution in [0.25, 0.3) is 0 Å². The van der Waals surface area contributed by atoms with Crippen molar-refractivity contribution in [1.82, 2.24) is 10.5 Å². The van der Waals surface area contributed by atoms with Crippen LogP contribution in [0.5, 0.6) is 0 Å². The van der Waals surface area contributed by atoms with Crippen molar-refractivity contribution in [3.63, 3.8) is 0 Å². The molecule has 0 radical (unpaired) electrons. The maximum atomic E-state index is 4.74. The second kappa shape index (κ2) is 4.42. The SMILES string of the molecule is CC(C)(C)NCCCc1cnoc1. The Morgan fingerprint density at radius 3 is 2.77 bits per heavy atom. The van der Waals surface area contributed by atoms with Crippen LogP contribution in [0, 0.1) is 0 Å². The van der Waals surface area contributed by atoms with Crippen molar-refractivity contribution in [2.45, 2.75) is 39.2 Å². The summed E-state index contributed by atoms with van der Waals surface area (Å²) in [6.07, 6.45) is 5.64. The third kappa shape index (κ3) is 4.68. The summed E-state index contributed by atoms with van der Waals surface area (Å²) in [7, 11) is 0. The molecule has 13 heavy (non-hydrogen) atoms. The van der Waals surface area contributed by atoms with Gasteiger partial charge >= 0.3 is 0 Å². The number of nitrogens with zero attached hydrogens (tertiary/aromatic N) is 1. The van der Waals surface area contributed by atoms with Crippen molar-refractivity contribution < 1.29 is 4.52 Å². The maximum absolute atomic E-state index is 4.74. The molecule has 0 unspecified atom stereocenters. The van der Waals surface area contributed by atoms with E-state index < -0.39 is 0 Å². The molecular formula is C10H18N2O. The first-order chi connectivity index (χ1) is 6.08. The summed E-state index contributed by atoms with van der Waals surface area (Å²) in [4.78, 5) is 0. The first-order valence-corrected chi connectivity index (χ1v) is 4.71. The summed E-state index contributed by atoms with van der Waals surface area (Å²) in [6, 6.07) is 0. The first-order valence-electron chi connectivity index (χ1n) is 4.71. The van der Waals surface area contributed by atoms with E-state index in [1.807, 2.05) is 0 Å². The van der Waals surface area contributed by atoms with Gasteiger partial charge in [0.25, 0.3) is 0 Å². The Bertz CT molecular complexity index is 224. The van der Waals surface area contributed by atoms with E-state index in [1.54, 1.807) is 12.5 Å². The molecule has 0 bridgehead atoms. The van der Waals surface area contributed by atoms with Gasteiger partial charge in [-0.25, -0.2) is 0 Å². The fourth-order valence-corrected chi connectivity index (χ4v) is 1.11. The number of aryl methyl sites for hydroxylation is 1. The number of nitrogens with one attached hydrogen (secondary N) is 1. The Balaban J connectivity index is 2.09. The van der Waals surface area contributed by atoms with Crippen LogP contribution in [-0.2, 0) is 6.42 Å². The van der Waals surface area contributed by atoms with E-state index in [9.17, 15) is 0 Å². The average Bonchev–Trinajstić information content (AvgIpc) is 2.48. The van der Waals surface area contributed by atoms with Crippen LogP contribution in [0.1, 0.15) is 32.8 Å². The highest BCUT2D eigenvalue weighted by Gasteiger charge is 2.07. The lowest BCUT2D eigenvalue weighted by molar-refractivity contribution is 0.416. The van der Waals surface area contributed by atoms with Crippen LogP contribution < -0.4 is 5.32 Å². The molecule has 0 saturated carbocycles. The standard InChI is InChI=1S/C10H18N2O/c1-10(2,3)11-6-4-5-9-7-12-13-8-9/h7-8,11H,4-6H2,1-3H3. The van der Waals surface area contributed by atoms with E-state index in [2.05, 4.69) is 31.2 Å². The van der Waals surface area contributed by atoms with Gasteiger partial charge in [0.2, 0.25) is 0 Å². The molecule has 0 fully saturated rings. The highest BCUT2D eigenvalue weighted by Crippen LogP contribution is 2.02. The lowest BCUT2D eigenvalue weighted by atomic mass is 10.1. The average molecular weight is 182 g/mol. The minimum absolute atomic E-state index is 0.217. The van der Waals surface area contributed by atoms with E-state index in [1.165, 1.54) is 5.56 Å². The Labute approximate surface area is 79.5 Å². The van der Waals surface area contributed by atoms with Crippen molar-refractivity contribution in [3.05, 3.63) is 18.0 Å². The molecule has 0 aliphatic rings. The summed E-state index contributed by atoms with van der Waals surface area (Å²) >= 11 is 0. The van der Waals surface area contributed by atoms with E-state index >= 15 is 0 Å². The fraction of sp³-hybridized carbons (Fsp3) is 0.700. The minimum Gasteiger partial charge on any atom is -0.364 e. The highest BCUT2D eigenvalue weighted by atomic mass is 16.5. The normalized spacial score (nSPS) is 11.9. The molecule has 74 valence electrons. The van der Waals surface area contributed by atoms with Crippen LogP contribution in [0.3, 0.4) is 0 Å². The zero-order valence-corrected chi connectivity index (χ0v) is 8.63. The molecule has 1 rings (SSSR count). The monoisotopic (exact) mass is 182 g/mol. The van der Waals surface area contributed by atoms with Crippen LogP contribution in [0.2, 0.25) is 0 Å². The van der Waals surface area contributed by atoms with Gasteiger partial charge in [-0.1, -0.05) is 5.16 Å². The van der Waals surface area contributed by atoms with Crippen molar-refractivity contribution >= 4 is 0 Å². The van der Waals surface area contributed by atoms with Crippen LogP contribution >= 0.6 is 0 Å². The molecule has 1 aromatic rings. The molecule has 0 aromatic carbocycles. The van der Waals surface area contributed by atoms with Gasteiger partial charge in [0.05, 0.1) is 6.20 Å². The van der Waals surface area contributed by atoms with E-state index in [-0.39, 0.29) is 5.54 Å². The summed E-state index contributed by atoms with van der Waals surface area (Å²) < 4.78 is 4.74. The van der Waals surface area contributed by atoms with Gasteiger partial charge in [-0.3, -0.25) is 0 Å². The van der Waals surface area contributed by atoms with Crippen molar-refractivity contribution in [3.8, 4) is 0 Å². The number of aromatic nitrogens is 1. The third-order valence-corrected chi connectivity index (χ3v) is 1.78. The Morgan fingerprint density at radius 1 is 1.46 bits per heavy atom.